The number of ketones is 1. The third kappa shape index (κ3) is 1.71. The molecule has 4 heteroatoms. The molecule has 0 unspecified atom stereocenters. The van der Waals surface area contributed by atoms with Gasteiger partial charge in [-0.05, 0) is 12.1 Å². The summed E-state index contributed by atoms with van der Waals surface area (Å²) in [4.78, 5) is 21.6. The predicted molar refractivity (Wildman–Crippen MR) is 44.7 cm³/mol. The van der Waals surface area contributed by atoms with Crippen LogP contribution in [0.1, 0.15) is 15.9 Å². The molecular formula is C9H6N2O2. The van der Waals surface area contributed by atoms with Gasteiger partial charge in [-0.1, -0.05) is 12.1 Å². The van der Waals surface area contributed by atoms with Crippen LogP contribution in [0.15, 0.2) is 24.3 Å². The van der Waals surface area contributed by atoms with E-state index in [1.165, 1.54) is 12.1 Å². The Hall–Kier alpha value is -2.15. The molecule has 13 heavy (non-hydrogen) atoms. The second-order valence-electron chi connectivity index (χ2n) is 2.35. The van der Waals surface area contributed by atoms with Crippen molar-refractivity contribution in [3.05, 3.63) is 35.4 Å². The molecule has 0 atom stereocenters. The average Bonchev–Trinajstić information content (AvgIpc) is 2.16. The Morgan fingerprint density at radius 3 is 2.46 bits per heavy atom. The largest absolute Gasteiger partial charge is 0.363 e. The minimum Gasteiger partial charge on any atom is -0.363 e. The number of amides is 1. The monoisotopic (exact) mass is 174 g/mol. The van der Waals surface area contributed by atoms with E-state index in [0.717, 1.165) is 0 Å². The van der Waals surface area contributed by atoms with Gasteiger partial charge in [-0.25, -0.2) is 0 Å². The van der Waals surface area contributed by atoms with Crippen LogP contribution in [0.3, 0.4) is 0 Å². The van der Waals surface area contributed by atoms with E-state index in [0.29, 0.717) is 0 Å². The molecule has 1 aromatic carbocycles. The summed E-state index contributed by atoms with van der Waals surface area (Å²) in [6.45, 7) is 0. The van der Waals surface area contributed by atoms with Gasteiger partial charge in [0.2, 0.25) is 0 Å². The predicted octanol–water partition coefficient (Wildman–Crippen LogP) is 0.226. The summed E-state index contributed by atoms with van der Waals surface area (Å²) >= 11 is 0. The molecule has 0 aliphatic carbocycles. The lowest BCUT2D eigenvalue weighted by Gasteiger charge is -1.97. The zero-order chi connectivity index (χ0) is 9.84. The van der Waals surface area contributed by atoms with Gasteiger partial charge < -0.3 is 5.73 Å². The number of hydrogen-bond donors (Lipinski definition) is 1. The highest BCUT2D eigenvalue weighted by Crippen LogP contribution is 2.07. The fourth-order valence-electron chi connectivity index (χ4n) is 0.911. The second-order valence-corrected chi connectivity index (χ2v) is 2.35. The van der Waals surface area contributed by atoms with E-state index < -0.39 is 11.7 Å². The first kappa shape index (κ1) is 8.94. The van der Waals surface area contributed by atoms with E-state index in [9.17, 15) is 9.59 Å². The molecule has 0 radical (unpaired) electrons. The van der Waals surface area contributed by atoms with Gasteiger partial charge in [0.15, 0.2) is 0 Å². The van der Waals surface area contributed by atoms with E-state index in [4.69, 9.17) is 11.0 Å². The highest BCUT2D eigenvalue weighted by molar-refractivity contribution is 6.42. The third-order valence-corrected chi connectivity index (χ3v) is 1.52. The van der Waals surface area contributed by atoms with Crippen LogP contribution in [0, 0.1) is 11.3 Å². The van der Waals surface area contributed by atoms with Gasteiger partial charge >= 0.3 is 0 Å². The molecule has 0 saturated carbocycles. The number of Topliss-reactive ketones (excluding diaryl/α,β-unsaturated/α-hetero) is 1. The van der Waals surface area contributed by atoms with Gasteiger partial charge in [0.25, 0.3) is 11.7 Å². The van der Waals surface area contributed by atoms with Crippen molar-refractivity contribution in [3.63, 3.8) is 0 Å². The van der Waals surface area contributed by atoms with Crippen molar-refractivity contribution in [2.24, 2.45) is 5.73 Å². The Morgan fingerprint density at radius 1 is 1.31 bits per heavy atom. The van der Waals surface area contributed by atoms with Crippen LogP contribution in [-0.2, 0) is 4.79 Å². The van der Waals surface area contributed by atoms with Crippen molar-refractivity contribution in [1.82, 2.24) is 0 Å². The topological polar surface area (TPSA) is 83.9 Å². The van der Waals surface area contributed by atoms with Crippen molar-refractivity contribution in [3.8, 4) is 6.07 Å². The Bertz CT molecular complexity index is 404. The van der Waals surface area contributed by atoms with Gasteiger partial charge in [0.1, 0.15) is 0 Å². The fraction of sp³-hybridized carbons (Fsp3) is 0. The molecule has 0 aliphatic rings. The second kappa shape index (κ2) is 3.50. The number of benzene rings is 1. The summed E-state index contributed by atoms with van der Waals surface area (Å²) < 4.78 is 0. The van der Waals surface area contributed by atoms with E-state index in [-0.39, 0.29) is 11.1 Å². The molecule has 0 fully saturated rings. The fourth-order valence-corrected chi connectivity index (χ4v) is 0.911. The number of carbonyl (C=O) groups is 2. The molecule has 1 aromatic rings. The summed E-state index contributed by atoms with van der Waals surface area (Å²) in [5.74, 6) is -1.89. The number of primary amides is 1. The maximum Gasteiger partial charge on any atom is 0.289 e. The van der Waals surface area contributed by atoms with Gasteiger partial charge in [-0.15, -0.1) is 0 Å². The number of rotatable bonds is 2. The van der Waals surface area contributed by atoms with Gasteiger partial charge in [0, 0.05) is 5.56 Å². The zero-order valence-electron chi connectivity index (χ0n) is 6.65. The van der Waals surface area contributed by atoms with Gasteiger partial charge in [0.05, 0.1) is 11.6 Å². The Morgan fingerprint density at radius 2 is 1.92 bits per heavy atom. The van der Waals surface area contributed by atoms with E-state index >= 15 is 0 Å². The van der Waals surface area contributed by atoms with Crippen LogP contribution in [-0.4, -0.2) is 11.7 Å². The molecule has 4 nitrogen and oxygen atoms in total. The van der Waals surface area contributed by atoms with Crippen molar-refractivity contribution >= 4 is 11.7 Å². The van der Waals surface area contributed by atoms with Crippen LogP contribution in [0.5, 0.6) is 0 Å². The van der Waals surface area contributed by atoms with Gasteiger partial charge in [-0.2, -0.15) is 5.26 Å². The molecule has 0 saturated heterocycles. The maximum absolute atomic E-state index is 11.1. The zero-order valence-corrected chi connectivity index (χ0v) is 6.65. The number of nitriles is 1. The maximum atomic E-state index is 11.1. The number of nitrogens with two attached hydrogens (primary N) is 1. The van der Waals surface area contributed by atoms with Crippen molar-refractivity contribution in [2.75, 3.05) is 0 Å². The first-order chi connectivity index (χ1) is 6.16. The van der Waals surface area contributed by atoms with Crippen molar-refractivity contribution in [1.29, 1.82) is 5.26 Å². The first-order valence-electron chi connectivity index (χ1n) is 3.50. The molecular weight excluding hydrogens is 168 g/mol. The number of carbonyl (C=O) groups excluding carboxylic acids is 2. The summed E-state index contributed by atoms with van der Waals surface area (Å²) in [5.41, 5.74) is 5.01. The molecule has 0 aromatic heterocycles. The molecule has 2 N–H and O–H groups in total. The number of nitrogens with zero attached hydrogens (tertiary/aromatic N) is 1. The standard InChI is InChI=1S/C9H6N2O2/c10-5-6-3-1-2-4-7(6)8(12)9(11)13/h1-4H,(H2,11,13). The molecule has 0 heterocycles. The quantitative estimate of drug-likeness (QED) is 0.514. The molecule has 64 valence electrons. The molecule has 0 bridgehead atoms. The van der Waals surface area contributed by atoms with Crippen molar-refractivity contribution in [2.45, 2.75) is 0 Å². The summed E-state index contributed by atoms with van der Waals surface area (Å²) in [5, 5.41) is 8.59. The Labute approximate surface area is 74.6 Å². The minimum atomic E-state index is -1.05. The molecule has 1 amide bonds. The van der Waals surface area contributed by atoms with E-state index in [2.05, 4.69) is 0 Å². The van der Waals surface area contributed by atoms with Crippen LogP contribution in [0.2, 0.25) is 0 Å². The summed E-state index contributed by atoms with van der Waals surface area (Å²) in [6.07, 6.45) is 0. The molecule has 1 rings (SSSR count). The highest BCUT2D eigenvalue weighted by atomic mass is 16.2. The summed E-state index contributed by atoms with van der Waals surface area (Å²) in [6, 6.07) is 7.83. The van der Waals surface area contributed by atoms with E-state index in [1.54, 1.807) is 18.2 Å². The van der Waals surface area contributed by atoms with Crippen LogP contribution in [0.4, 0.5) is 0 Å². The highest BCUT2D eigenvalue weighted by Gasteiger charge is 2.15. The SMILES string of the molecule is N#Cc1ccccc1C(=O)C(N)=O. The molecule has 0 spiro atoms. The smallest absolute Gasteiger partial charge is 0.289 e. The van der Waals surface area contributed by atoms with Crippen LogP contribution in [0.25, 0.3) is 0 Å². The van der Waals surface area contributed by atoms with Crippen molar-refractivity contribution < 1.29 is 9.59 Å². The summed E-state index contributed by atoms with van der Waals surface area (Å²) in [7, 11) is 0. The van der Waals surface area contributed by atoms with Crippen LogP contribution < -0.4 is 5.73 Å². The minimum absolute atomic E-state index is 0.0532. The lowest BCUT2D eigenvalue weighted by Crippen LogP contribution is -2.23. The Balaban J connectivity index is 3.23. The first-order valence-corrected chi connectivity index (χ1v) is 3.50. The molecule has 0 aliphatic heterocycles. The van der Waals surface area contributed by atoms with E-state index in [1.807, 2.05) is 0 Å². The lowest BCUT2D eigenvalue weighted by atomic mass is 10.0. The van der Waals surface area contributed by atoms with Crippen LogP contribution >= 0.6 is 0 Å². The number of hydrogen-bond acceptors (Lipinski definition) is 3. The average molecular weight is 174 g/mol. The van der Waals surface area contributed by atoms with Gasteiger partial charge in [-0.3, -0.25) is 9.59 Å². The normalized spacial score (nSPS) is 8.85. The lowest BCUT2D eigenvalue weighted by molar-refractivity contribution is -0.114. The Kier molecular flexibility index (Phi) is 2.41. The third-order valence-electron chi connectivity index (χ3n) is 1.52.